The quantitative estimate of drug-likeness (QED) is 0.591. The molecular formula is C17H17N5O2. The first-order valence-corrected chi connectivity index (χ1v) is 7.36. The van der Waals surface area contributed by atoms with Crippen LogP contribution in [0.2, 0.25) is 0 Å². The van der Waals surface area contributed by atoms with E-state index in [-0.39, 0.29) is 5.91 Å². The number of nitrogens with one attached hydrogen (secondary N) is 1. The molecule has 0 bridgehead atoms. The van der Waals surface area contributed by atoms with Gasteiger partial charge in [0.1, 0.15) is 7.11 Å². The zero-order chi connectivity index (χ0) is 17.1. The van der Waals surface area contributed by atoms with Crippen molar-refractivity contribution in [2.45, 2.75) is 6.92 Å². The van der Waals surface area contributed by atoms with E-state index in [1.54, 1.807) is 41.4 Å². The summed E-state index contributed by atoms with van der Waals surface area (Å²) in [6.07, 6.45) is 3.20. The third-order valence-corrected chi connectivity index (χ3v) is 3.60. The summed E-state index contributed by atoms with van der Waals surface area (Å²) in [7, 11) is 3.32. The van der Waals surface area contributed by atoms with Crippen molar-refractivity contribution in [2.24, 2.45) is 12.2 Å². The van der Waals surface area contributed by atoms with Gasteiger partial charge in [-0.2, -0.15) is 5.10 Å². The summed E-state index contributed by atoms with van der Waals surface area (Å²) >= 11 is 0. The minimum absolute atomic E-state index is 0.201. The molecule has 0 atom stereocenters. The minimum Gasteiger partial charge on any atom is -0.399 e. The van der Waals surface area contributed by atoms with Crippen molar-refractivity contribution in [2.75, 3.05) is 12.4 Å². The smallest absolute Gasteiger partial charge is 0.255 e. The van der Waals surface area contributed by atoms with Gasteiger partial charge in [0.2, 0.25) is 0 Å². The van der Waals surface area contributed by atoms with Gasteiger partial charge in [-0.05, 0) is 30.7 Å². The Morgan fingerprint density at radius 1 is 1.33 bits per heavy atom. The Morgan fingerprint density at radius 2 is 2.08 bits per heavy atom. The van der Waals surface area contributed by atoms with Gasteiger partial charge in [-0.1, -0.05) is 17.3 Å². The van der Waals surface area contributed by atoms with E-state index < -0.39 is 0 Å². The van der Waals surface area contributed by atoms with Crippen LogP contribution in [0.25, 0.3) is 11.0 Å². The van der Waals surface area contributed by atoms with Gasteiger partial charge in [-0.15, -0.1) is 0 Å². The second-order valence-electron chi connectivity index (χ2n) is 5.30. The molecule has 0 saturated heterocycles. The van der Waals surface area contributed by atoms with Crippen LogP contribution < -0.4 is 5.32 Å². The third kappa shape index (κ3) is 3.10. The molecule has 3 aromatic rings. The summed E-state index contributed by atoms with van der Waals surface area (Å²) in [5, 5.41) is 11.8. The molecule has 0 radical (unpaired) electrons. The average molecular weight is 323 g/mol. The summed E-state index contributed by atoms with van der Waals surface area (Å²) in [5.41, 5.74) is 3.69. The number of amides is 1. The van der Waals surface area contributed by atoms with Crippen molar-refractivity contribution < 1.29 is 9.63 Å². The lowest BCUT2D eigenvalue weighted by atomic mass is 10.1. The van der Waals surface area contributed by atoms with Crippen LogP contribution in [0.15, 0.2) is 41.7 Å². The van der Waals surface area contributed by atoms with Gasteiger partial charge in [0.25, 0.3) is 5.91 Å². The normalized spacial score (nSPS) is 11.1. The molecule has 0 unspecified atom stereocenters. The second kappa shape index (κ2) is 6.49. The zero-order valence-electron chi connectivity index (χ0n) is 13.6. The summed E-state index contributed by atoms with van der Waals surface area (Å²) in [4.78, 5) is 21.3. The Balaban J connectivity index is 1.79. The van der Waals surface area contributed by atoms with E-state index in [0.29, 0.717) is 11.3 Å². The topological polar surface area (TPSA) is 81.4 Å². The number of hydrogen-bond acceptors (Lipinski definition) is 5. The molecule has 0 spiro atoms. The molecule has 2 heterocycles. The van der Waals surface area contributed by atoms with E-state index in [1.165, 1.54) is 7.11 Å². The van der Waals surface area contributed by atoms with Crippen LogP contribution >= 0.6 is 0 Å². The first kappa shape index (κ1) is 15.7. The molecule has 0 aliphatic rings. The number of carbonyl (C=O) groups is 1. The number of nitrogens with zero attached hydrogens (tertiary/aromatic N) is 4. The van der Waals surface area contributed by atoms with Gasteiger partial charge in [0.05, 0.1) is 23.8 Å². The molecule has 3 rings (SSSR count). The van der Waals surface area contributed by atoms with Crippen LogP contribution in [-0.4, -0.2) is 34.0 Å². The Hall–Kier alpha value is -3.22. The second-order valence-corrected chi connectivity index (χ2v) is 5.30. The lowest BCUT2D eigenvalue weighted by molar-refractivity contribution is 0.102. The van der Waals surface area contributed by atoms with Crippen molar-refractivity contribution in [1.29, 1.82) is 0 Å². The third-order valence-electron chi connectivity index (χ3n) is 3.60. The number of aromatic nitrogens is 3. The molecule has 0 fully saturated rings. The minimum atomic E-state index is -0.201. The number of carbonyl (C=O) groups excluding carboxylic acids is 1. The van der Waals surface area contributed by atoms with E-state index in [2.05, 4.69) is 25.4 Å². The molecule has 7 nitrogen and oxygen atoms in total. The van der Waals surface area contributed by atoms with Crippen LogP contribution in [0.4, 0.5) is 5.69 Å². The highest BCUT2D eigenvalue weighted by atomic mass is 16.6. The summed E-state index contributed by atoms with van der Waals surface area (Å²) < 4.78 is 1.72. The molecule has 1 N–H and O–H groups in total. The van der Waals surface area contributed by atoms with Gasteiger partial charge in [-0.25, -0.2) is 4.98 Å². The van der Waals surface area contributed by atoms with Gasteiger partial charge in [0, 0.05) is 18.0 Å². The van der Waals surface area contributed by atoms with Crippen molar-refractivity contribution in [1.82, 2.24) is 14.8 Å². The van der Waals surface area contributed by atoms with Crippen LogP contribution in [0.3, 0.4) is 0 Å². The maximum Gasteiger partial charge on any atom is 0.255 e. The highest BCUT2D eigenvalue weighted by Gasteiger charge is 2.10. The van der Waals surface area contributed by atoms with E-state index in [9.17, 15) is 4.79 Å². The fraction of sp³-hybridized carbons (Fsp3) is 0.176. The molecule has 24 heavy (non-hydrogen) atoms. The Morgan fingerprint density at radius 3 is 2.79 bits per heavy atom. The fourth-order valence-corrected chi connectivity index (χ4v) is 2.41. The summed E-state index contributed by atoms with van der Waals surface area (Å²) in [6, 6.07) is 8.93. The monoisotopic (exact) mass is 323 g/mol. The molecule has 0 saturated carbocycles. The highest BCUT2D eigenvalue weighted by Crippen LogP contribution is 2.19. The van der Waals surface area contributed by atoms with Crippen molar-refractivity contribution >= 4 is 28.8 Å². The average Bonchev–Trinajstić information content (AvgIpc) is 2.87. The SMILES string of the molecule is CO/N=C/c1ccc(C(=O)Nc2cnc3c(c2)c(C)nn3C)cc1. The molecule has 1 amide bonds. The van der Waals surface area contributed by atoms with Crippen molar-refractivity contribution in [3.63, 3.8) is 0 Å². The number of aryl methyl sites for hydroxylation is 2. The van der Waals surface area contributed by atoms with Crippen LogP contribution in [0, 0.1) is 6.92 Å². The van der Waals surface area contributed by atoms with E-state index in [0.717, 1.165) is 22.3 Å². The highest BCUT2D eigenvalue weighted by molar-refractivity contribution is 6.05. The van der Waals surface area contributed by atoms with Crippen LogP contribution in [0.5, 0.6) is 0 Å². The number of hydrogen-bond donors (Lipinski definition) is 1. The lowest BCUT2D eigenvalue weighted by Gasteiger charge is -2.05. The fourth-order valence-electron chi connectivity index (χ4n) is 2.41. The Kier molecular flexibility index (Phi) is 4.24. The van der Waals surface area contributed by atoms with Gasteiger partial charge < -0.3 is 10.2 Å². The summed E-state index contributed by atoms with van der Waals surface area (Å²) in [5.74, 6) is -0.201. The van der Waals surface area contributed by atoms with E-state index in [4.69, 9.17) is 0 Å². The molecule has 122 valence electrons. The Bertz CT molecular complexity index is 913. The maximum absolute atomic E-state index is 12.3. The number of fused-ring (bicyclic) bond motifs is 1. The molecule has 2 aromatic heterocycles. The number of pyridine rings is 1. The van der Waals surface area contributed by atoms with Crippen LogP contribution in [-0.2, 0) is 11.9 Å². The number of benzene rings is 1. The molecule has 0 aliphatic carbocycles. The first-order valence-electron chi connectivity index (χ1n) is 7.36. The van der Waals surface area contributed by atoms with Crippen molar-refractivity contribution in [3.8, 4) is 0 Å². The number of anilines is 1. The predicted molar refractivity (Wildman–Crippen MR) is 92.2 cm³/mol. The Labute approximate surface area is 138 Å². The number of rotatable bonds is 4. The lowest BCUT2D eigenvalue weighted by Crippen LogP contribution is -2.12. The largest absolute Gasteiger partial charge is 0.399 e. The molecule has 1 aromatic carbocycles. The van der Waals surface area contributed by atoms with Crippen LogP contribution in [0.1, 0.15) is 21.6 Å². The van der Waals surface area contributed by atoms with E-state index >= 15 is 0 Å². The van der Waals surface area contributed by atoms with Gasteiger partial charge in [0.15, 0.2) is 5.65 Å². The van der Waals surface area contributed by atoms with Gasteiger partial charge >= 0.3 is 0 Å². The van der Waals surface area contributed by atoms with Gasteiger partial charge in [-0.3, -0.25) is 9.48 Å². The number of oxime groups is 1. The first-order chi connectivity index (χ1) is 11.6. The zero-order valence-corrected chi connectivity index (χ0v) is 13.6. The van der Waals surface area contributed by atoms with E-state index in [1.807, 2.05) is 20.0 Å². The standard InChI is InChI=1S/C17H17N5O2/c1-11-15-8-14(10-18-16(15)22(2)21-11)20-17(23)13-6-4-12(5-7-13)9-19-24-3/h4-10H,1-3H3,(H,20,23)/b19-9+. The molecule has 0 aliphatic heterocycles. The molecule has 7 heteroatoms. The molecular weight excluding hydrogens is 306 g/mol. The maximum atomic E-state index is 12.3. The predicted octanol–water partition coefficient (Wildman–Crippen LogP) is 2.51. The summed E-state index contributed by atoms with van der Waals surface area (Å²) in [6.45, 7) is 1.91. The van der Waals surface area contributed by atoms with Crippen molar-refractivity contribution in [3.05, 3.63) is 53.3 Å².